The van der Waals surface area contributed by atoms with Crippen LogP contribution in [0, 0.1) is 3.57 Å². The van der Waals surface area contributed by atoms with Gasteiger partial charge in [-0.2, -0.15) is 0 Å². The second kappa shape index (κ2) is 7.11. The van der Waals surface area contributed by atoms with Crippen LogP contribution in [0.3, 0.4) is 0 Å². The van der Waals surface area contributed by atoms with Crippen LogP contribution < -0.4 is 10.2 Å². The van der Waals surface area contributed by atoms with Crippen molar-refractivity contribution in [2.75, 3.05) is 36.4 Å². The number of hydrogen-bond acceptors (Lipinski definition) is 3. The van der Waals surface area contributed by atoms with E-state index in [0.717, 1.165) is 58.7 Å². The smallest absolute Gasteiger partial charge is 0.256 e. The lowest BCUT2D eigenvalue weighted by Crippen LogP contribution is -2.45. The van der Waals surface area contributed by atoms with Crippen LogP contribution in [0.15, 0.2) is 42.5 Å². The lowest BCUT2D eigenvalue weighted by atomic mass is 10.0. The molecule has 2 heterocycles. The summed E-state index contributed by atoms with van der Waals surface area (Å²) in [6.07, 6.45) is 2.85. The Bertz CT molecular complexity index is 884. The van der Waals surface area contributed by atoms with Crippen LogP contribution in [0.25, 0.3) is 11.6 Å². The largest absolute Gasteiger partial charge is 0.368 e. The number of amides is 2. The first kappa shape index (κ1) is 17.1. The molecule has 0 spiro atoms. The lowest BCUT2D eigenvalue weighted by molar-refractivity contribution is -0.118. The van der Waals surface area contributed by atoms with Crippen molar-refractivity contribution >= 4 is 57.9 Å². The Morgan fingerprint density at radius 1 is 1.00 bits per heavy atom. The summed E-state index contributed by atoms with van der Waals surface area (Å²) in [5.41, 5.74) is 4.66. The molecule has 0 aromatic heterocycles. The van der Waals surface area contributed by atoms with Crippen LogP contribution in [-0.4, -0.2) is 43.4 Å². The van der Waals surface area contributed by atoms with Crippen molar-refractivity contribution in [3.63, 3.8) is 0 Å². The third-order valence-corrected chi connectivity index (χ3v) is 5.47. The predicted molar refractivity (Wildman–Crippen MR) is 112 cm³/mol. The molecule has 0 aliphatic carbocycles. The number of benzene rings is 2. The van der Waals surface area contributed by atoms with E-state index in [1.165, 1.54) is 0 Å². The molecule has 4 rings (SSSR count). The number of carbonyl (C=O) groups is 2. The number of nitrogens with zero attached hydrogens (tertiary/aromatic N) is 2. The third kappa shape index (κ3) is 3.33. The zero-order valence-electron chi connectivity index (χ0n) is 14.1. The molecule has 5 nitrogen and oxygen atoms in total. The van der Waals surface area contributed by atoms with E-state index in [1.54, 1.807) is 4.90 Å². The van der Waals surface area contributed by atoms with E-state index in [4.69, 9.17) is 0 Å². The normalized spacial score (nSPS) is 18.0. The average molecular weight is 459 g/mol. The van der Waals surface area contributed by atoms with E-state index in [9.17, 15) is 9.59 Å². The van der Waals surface area contributed by atoms with Gasteiger partial charge in [-0.25, -0.2) is 0 Å². The molecule has 132 valence electrons. The molecule has 0 radical (unpaired) electrons. The SMILES string of the molecule is O=CN1CCN(c2ccc(C=C3C(=O)Nc4ccc(I)cc43)cc2)CC1. The van der Waals surface area contributed by atoms with Gasteiger partial charge in [0.1, 0.15) is 0 Å². The van der Waals surface area contributed by atoms with Crippen molar-refractivity contribution in [1.82, 2.24) is 4.90 Å². The monoisotopic (exact) mass is 459 g/mol. The summed E-state index contributed by atoms with van der Waals surface area (Å²) in [6, 6.07) is 14.2. The van der Waals surface area contributed by atoms with E-state index < -0.39 is 0 Å². The minimum Gasteiger partial charge on any atom is -0.368 e. The van der Waals surface area contributed by atoms with Crippen molar-refractivity contribution in [2.24, 2.45) is 0 Å². The molecule has 0 bridgehead atoms. The molecule has 1 N–H and O–H groups in total. The lowest BCUT2D eigenvalue weighted by Gasteiger charge is -2.34. The fraction of sp³-hybridized carbons (Fsp3) is 0.200. The topological polar surface area (TPSA) is 52.7 Å². The van der Waals surface area contributed by atoms with E-state index in [0.29, 0.717) is 5.57 Å². The highest BCUT2D eigenvalue weighted by atomic mass is 127. The maximum absolute atomic E-state index is 12.3. The van der Waals surface area contributed by atoms with Crippen LogP contribution in [0.4, 0.5) is 11.4 Å². The summed E-state index contributed by atoms with van der Waals surface area (Å²) in [6.45, 7) is 3.19. The fourth-order valence-electron chi connectivity index (χ4n) is 3.34. The number of rotatable bonds is 3. The molecular formula is C20H18IN3O2. The quantitative estimate of drug-likeness (QED) is 0.436. The molecule has 0 unspecified atom stereocenters. The van der Waals surface area contributed by atoms with Crippen molar-refractivity contribution < 1.29 is 9.59 Å². The Morgan fingerprint density at radius 2 is 1.73 bits per heavy atom. The van der Waals surface area contributed by atoms with Gasteiger partial charge in [-0.3, -0.25) is 9.59 Å². The van der Waals surface area contributed by atoms with Crippen LogP contribution >= 0.6 is 22.6 Å². The number of hydrogen-bond donors (Lipinski definition) is 1. The van der Waals surface area contributed by atoms with E-state index in [2.05, 4.69) is 44.9 Å². The van der Waals surface area contributed by atoms with Crippen LogP contribution in [-0.2, 0) is 9.59 Å². The Balaban J connectivity index is 1.55. The molecule has 2 amide bonds. The standard InChI is InChI=1S/C20H18IN3O2/c21-15-3-6-19-17(12-15)18(20(26)22-19)11-14-1-4-16(5-2-14)24-9-7-23(13-25)8-10-24/h1-6,11-13H,7-10H2,(H,22,26). The Morgan fingerprint density at radius 3 is 2.42 bits per heavy atom. The van der Waals surface area contributed by atoms with Crippen molar-refractivity contribution in [3.05, 3.63) is 57.2 Å². The van der Waals surface area contributed by atoms with Crippen LogP contribution in [0.2, 0.25) is 0 Å². The van der Waals surface area contributed by atoms with Gasteiger partial charge in [0.15, 0.2) is 0 Å². The summed E-state index contributed by atoms with van der Waals surface area (Å²) < 4.78 is 1.11. The van der Waals surface area contributed by atoms with Crippen LogP contribution in [0.1, 0.15) is 11.1 Å². The molecule has 2 aliphatic rings. The summed E-state index contributed by atoms with van der Waals surface area (Å²) in [5.74, 6) is -0.0592. The number of nitrogens with one attached hydrogen (secondary N) is 1. The summed E-state index contributed by atoms with van der Waals surface area (Å²) >= 11 is 2.26. The minimum absolute atomic E-state index is 0.0592. The first-order chi connectivity index (χ1) is 12.6. The number of piperazine rings is 1. The highest BCUT2D eigenvalue weighted by Crippen LogP contribution is 2.34. The Kier molecular flexibility index (Phi) is 4.67. The van der Waals surface area contributed by atoms with Gasteiger partial charge in [0.2, 0.25) is 6.41 Å². The minimum atomic E-state index is -0.0592. The van der Waals surface area contributed by atoms with Gasteiger partial charge in [0.25, 0.3) is 5.91 Å². The molecule has 0 atom stereocenters. The van der Waals surface area contributed by atoms with Crippen LogP contribution in [0.5, 0.6) is 0 Å². The summed E-state index contributed by atoms with van der Waals surface area (Å²) in [4.78, 5) is 27.2. The number of carbonyl (C=O) groups excluding carboxylic acids is 2. The molecular weight excluding hydrogens is 441 g/mol. The molecule has 2 aliphatic heterocycles. The molecule has 6 heteroatoms. The van der Waals surface area contributed by atoms with E-state index >= 15 is 0 Å². The van der Waals surface area contributed by atoms with Gasteiger partial charge >= 0.3 is 0 Å². The highest BCUT2D eigenvalue weighted by molar-refractivity contribution is 14.1. The first-order valence-corrected chi connectivity index (χ1v) is 9.59. The van der Waals surface area contributed by atoms with Gasteiger partial charge in [0, 0.05) is 52.3 Å². The predicted octanol–water partition coefficient (Wildman–Crippen LogP) is 3.06. The van der Waals surface area contributed by atoms with Crippen molar-refractivity contribution in [2.45, 2.75) is 0 Å². The maximum Gasteiger partial charge on any atom is 0.256 e. The van der Waals surface area contributed by atoms with Gasteiger partial charge in [-0.15, -0.1) is 0 Å². The zero-order valence-corrected chi connectivity index (χ0v) is 16.3. The second-order valence-corrected chi connectivity index (χ2v) is 7.67. The highest BCUT2D eigenvalue weighted by Gasteiger charge is 2.24. The number of anilines is 2. The molecule has 1 saturated heterocycles. The fourth-order valence-corrected chi connectivity index (χ4v) is 3.83. The van der Waals surface area contributed by atoms with Crippen molar-refractivity contribution in [1.29, 1.82) is 0 Å². The maximum atomic E-state index is 12.3. The van der Waals surface area contributed by atoms with E-state index in [-0.39, 0.29) is 5.91 Å². The van der Waals surface area contributed by atoms with E-state index in [1.807, 2.05) is 36.4 Å². The Hall–Kier alpha value is -2.35. The van der Waals surface area contributed by atoms with Gasteiger partial charge in [-0.1, -0.05) is 12.1 Å². The molecule has 0 saturated carbocycles. The molecule has 2 aromatic rings. The summed E-state index contributed by atoms with van der Waals surface area (Å²) in [7, 11) is 0. The first-order valence-electron chi connectivity index (χ1n) is 8.51. The number of fused-ring (bicyclic) bond motifs is 1. The average Bonchev–Trinajstić information content (AvgIpc) is 2.97. The van der Waals surface area contributed by atoms with Gasteiger partial charge in [0.05, 0.1) is 0 Å². The summed E-state index contributed by atoms with van der Waals surface area (Å²) in [5, 5.41) is 2.92. The van der Waals surface area contributed by atoms with Crippen molar-refractivity contribution in [3.8, 4) is 0 Å². The number of halogens is 1. The third-order valence-electron chi connectivity index (χ3n) is 4.80. The second-order valence-electron chi connectivity index (χ2n) is 6.42. The molecule has 26 heavy (non-hydrogen) atoms. The van der Waals surface area contributed by atoms with Gasteiger partial charge < -0.3 is 15.1 Å². The molecule has 1 fully saturated rings. The Labute approximate surface area is 165 Å². The molecule has 2 aromatic carbocycles. The van der Waals surface area contributed by atoms with Gasteiger partial charge in [-0.05, 0) is 64.6 Å². The zero-order chi connectivity index (χ0) is 18.1.